The zero-order valence-corrected chi connectivity index (χ0v) is 6.92. The first kappa shape index (κ1) is 8.91. The highest BCUT2D eigenvalue weighted by Crippen LogP contribution is 2.06. The lowest BCUT2D eigenvalue weighted by atomic mass is 10.4. The van der Waals surface area contributed by atoms with E-state index in [4.69, 9.17) is 0 Å². The van der Waals surface area contributed by atoms with E-state index in [0.29, 0.717) is 0 Å². The van der Waals surface area contributed by atoms with Crippen molar-refractivity contribution in [3.63, 3.8) is 0 Å². The molecule has 0 amide bonds. The number of hydrogen-bond acceptors (Lipinski definition) is 1. The molecule has 0 aliphatic carbocycles. The number of rotatable bonds is 2. The van der Waals surface area contributed by atoms with Gasteiger partial charge in [0.2, 0.25) is 0 Å². The Morgan fingerprint density at radius 1 is 1.56 bits per heavy atom. The van der Waals surface area contributed by atoms with Crippen LogP contribution in [0.2, 0.25) is 0 Å². The molecule has 9 heavy (non-hydrogen) atoms. The van der Waals surface area contributed by atoms with Crippen LogP contribution in [0.15, 0.2) is 0 Å². The van der Waals surface area contributed by atoms with E-state index >= 15 is 0 Å². The minimum absolute atomic E-state index is 0.273. The molecule has 0 N–H and O–H groups in total. The van der Waals surface area contributed by atoms with Crippen LogP contribution in [-0.2, 0) is 0 Å². The van der Waals surface area contributed by atoms with Gasteiger partial charge in [-0.25, -0.2) is 0 Å². The normalized spacial score (nSPS) is 11.9. The van der Waals surface area contributed by atoms with Crippen LogP contribution >= 0.6 is 11.8 Å². The highest BCUT2D eigenvalue weighted by Gasteiger charge is 1.91. The van der Waals surface area contributed by atoms with E-state index in [1.165, 1.54) is 0 Å². The third-order valence-corrected chi connectivity index (χ3v) is 1.66. The number of hydrogen-bond donors (Lipinski definition) is 0. The van der Waals surface area contributed by atoms with Crippen LogP contribution in [0, 0.1) is 18.8 Å². The topological polar surface area (TPSA) is 0 Å². The van der Waals surface area contributed by atoms with Crippen LogP contribution in [0.5, 0.6) is 0 Å². The van der Waals surface area contributed by atoms with E-state index in [1.807, 2.05) is 0 Å². The van der Waals surface area contributed by atoms with Gasteiger partial charge in [0.05, 0.1) is 5.25 Å². The third kappa shape index (κ3) is 5.79. The van der Waals surface area contributed by atoms with Gasteiger partial charge < -0.3 is 0 Å². The van der Waals surface area contributed by atoms with Crippen molar-refractivity contribution in [3.05, 3.63) is 6.92 Å². The molecule has 0 aromatic heterocycles. The average Bonchev–Trinajstić information content (AvgIpc) is 1.85. The van der Waals surface area contributed by atoms with Gasteiger partial charge >= 0.3 is 0 Å². The predicted molar refractivity (Wildman–Crippen MR) is 45.3 cm³/mol. The molecule has 1 atom stereocenters. The van der Waals surface area contributed by atoms with Crippen molar-refractivity contribution in [2.75, 3.05) is 5.75 Å². The average molecular weight is 141 g/mol. The van der Waals surface area contributed by atoms with Crippen LogP contribution in [0.3, 0.4) is 0 Å². The van der Waals surface area contributed by atoms with Crippen LogP contribution in [0.25, 0.3) is 0 Å². The van der Waals surface area contributed by atoms with Crippen molar-refractivity contribution in [1.82, 2.24) is 0 Å². The molecule has 0 aliphatic heterocycles. The summed E-state index contributed by atoms with van der Waals surface area (Å²) in [6, 6.07) is 0. The second-order valence-corrected chi connectivity index (χ2v) is 3.10. The lowest BCUT2D eigenvalue weighted by Crippen LogP contribution is -1.90. The maximum atomic E-state index is 3.85. The highest BCUT2D eigenvalue weighted by molar-refractivity contribution is 8.00. The van der Waals surface area contributed by atoms with E-state index < -0.39 is 0 Å². The van der Waals surface area contributed by atoms with E-state index in [0.717, 1.165) is 12.2 Å². The zero-order chi connectivity index (χ0) is 7.11. The molecule has 0 spiro atoms. The molecule has 51 valence electrons. The summed E-state index contributed by atoms with van der Waals surface area (Å²) in [5, 5.41) is 0.273. The Kier molecular flexibility index (Phi) is 5.98. The maximum absolute atomic E-state index is 3.85. The van der Waals surface area contributed by atoms with E-state index in [2.05, 4.69) is 32.6 Å². The minimum atomic E-state index is 0.273. The fraction of sp³-hybridized carbons (Fsp3) is 0.625. The molecule has 0 aliphatic rings. The third-order valence-electron chi connectivity index (χ3n) is 0.808. The Balaban J connectivity index is 3.36. The van der Waals surface area contributed by atoms with Crippen molar-refractivity contribution >= 4 is 11.8 Å². The van der Waals surface area contributed by atoms with Crippen molar-refractivity contribution in [1.29, 1.82) is 0 Å². The van der Waals surface area contributed by atoms with Crippen molar-refractivity contribution in [2.24, 2.45) is 0 Å². The van der Waals surface area contributed by atoms with Gasteiger partial charge in [0.15, 0.2) is 0 Å². The second-order valence-electron chi connectivity index (χ2n) is 1.62. The fourth-order valence-electron chi connectivity index (χ4n) is 0.459. The van der Waals surface area contributed by atoms with Gasteiger partial charge in [-0.2, -0.15) is 0 Å². The van der Waals surface area contributed by atoms with Crippen LogP contribution in [0.1, 0.15) is 20.3 Å². The molecule has 0 fully saturated rings. The van der Waals surface area contributed by atoms with E-state index in [9.17, 15) is 0 Å². The quantitative estimate of drug-likeness (QED) is 0.532. The molecule has 0 nitrogen and oxygen atoms in total. The van der Waals surface area contributed by atoms with Crippen LogP contribution in [-0.4, -0.2) is 11.0 Å². The Labute approximate surface area is 62.4 Å². The lowest BCUT2D eigenvalue weighted by molar-refractivity contribution is 1.27. The SMILES string of the molecule is [CH2]C(C#CCC)SCC. The first-order valence-electron chi connectivity index (χ1n) is 3.24. The Morgan fingerprint density at radius 3 is 2.67 bits per heavy atom. The summed E-state index contributed by atoms with van der Waals surface area (Å²) in [6.07, 6.45) is 0.941. The minimum Gasteiger partial charge on any atom is -0.146 e. The molecule has 0 bridgehead atoms. The van der Waals surface area contributed by atoms with Crippen LogP contribution in [0.4, 0.5) is 0 Å². The molecule has 0 rings (SSSR count). The van der Waals surface area contributed by atoms with E-state index in [1.54, 1.807) is 11.8 Å². The number of thioether (sulfide) groups is 1. The van der Waals surface area contributed by atoms with Crippen molar-refractivity contribution in [2.45, 2.75) is 25.5 Å². The molecule has 0 saturated heterocycles. The summed E-state index contributed by atoms with van der Waals surface area (Å²) in [5.74, 6) is 7.14. The fourth-order valence-corrected chi connectivity index (χ4v) is 1.03. The summed E-state index contributed by atoms with van der Waals surface area (Å²) in [5.41, 5.74) is 0. The Hall–Kier alpha value is -0.0900. The standard InChI is InChI=1S/C8H13S/c1-4-6-7-8(3)9-5-2/h8H,3-5H2,1-2H3. The van der Waals surface area contributed by atoms with Gasteiger partial charge in [-0.15, -0.1) is 17.7 Å². The van der Waals surface area contributed by atoms with Gasteiger partial charge in [0.25, 0.3) is 0 Å². The molecule has 1 unspecified atom stereocenters. The highest BCUT2D eigenvalue weighted by atomic mass is 32.2. The smallest absolute Gasteiger partial charge is 0.0657 e. The molecular formula is C8H13S. The van der Waals surface area contributed by atoms with Crippen molar-refractivity contribution < 1.29 is 0 Å². The molecule has 0 aromatic carbocycles. The summed E-state index contributed by atoms with van der Waals surface area (Å²) in [4.78, 5) is 0. The first-order valence-corrected chi connectivity index (χ1v) is 4.29. The molecule has 0 heterocycles. The zero-order valence-electron chi connectivity index (χ0n) is 6.11. The van der Waals surface area contributed by atoms with Crippen LogP contribution < -0.4 is 0 Å². The van der Waals surface area contributed by atoms with E-state index in [-0.39, 0.29) is 5.25 Å². The summed E-state index contributed by atoms with van der Waals surface area (Å²) < 4.78 is 0. The monoisotopic (exact) mass is 141 g/mol. The molecule has 1 radical (unpaired) electrons. The molecule has 0 saturated carbocycles. The second kappa shape index (κ2) is 6.04. The van der Waals surface area contributed by atoms with Gasteiger partial charge in [0.1, 0.15) is 0 Å². The molecule has 1 heteroatoms. The largest absolute Gasteiger partial charge is 0.146 e. The Bertz CT molecular complexity index is 107. The van der Waals surface area contributed by atoms with Gasteiger partial charge in [-0.1, -0.05) is 19.8 Å². The summed E-state index contributed by atoms with van der Waals surface area (Å²) in [7, 11) is 0. The summed E-state index contributed by atoms with van der Waals surface area (Å²) in [6.45, 7) is 8.03. The maximum Gasteiger partial charge on any atom is 0.0657 e. The van der Waals surface area contributed by atoms with Gasteiger partial charge in [-0.05, 0) is 12.7 Å². The predicted octanol–water partition coefficient (Wildman–Crippen LogP) is 2.36. The Morgan fingerprint density at radius 2 is 2.22 bits per heavy atom. The summed E-state index contributed by atoms with van der Waals surface area (Å²) >= 11 is 1.79. The molecular weight excluding hydrogens is 128 g/mol. The molecule has 0 aromatic rings. The van der Waals surface area contributed by atoms with Crippen molar-refractivity contribution in [3.8, 4) is 11.8 Å². The van der Waals surface area contributed by atoms with Gasteiger partial charge in [0, 0.05) is 6.42 Å². The van der Waals surface area contributed by atoms with Gasteiger partial charge in [-0.3, -0.25) is 0 Å². The lowest BCUT2D eigenvalue weighted by Gasteiger charge is -1.97. The first-order chi connectivity index (χ1) is 4.31.